The minimum atomic E-state index is -0.232. The van der Waals surface area contributed by atoms with E-state index in [4.69, 9.17) is 14.2 Å². The number of anilines is 2. The van der Waals surface area contributed by atoms with Crippen molar-refractivity contribution in [2.24, 2.45) is 0 Å². The molecule has 0 atom stereocenters. The maximum absolute atomic E-state index is 12.6. The van der Waals surface area contributed by atoms with E-state index in [1.54, 1.807) is 20.3 Å². The van der Waals surface area contributed by atoms with Crippen molar-refractivity contribution < 1.29 is 19.0 Å². The Hall–Kier alpha value is -2.51. The van der Waals surface area contributed by atoms with Gasteiger partial charge in [-0.05, 0) is 36.4 Å². The van der Waals surface area contributed by atoms with Crippen molar-refractivity contribution in [1.29, 1.82) is 0 Å². The van der Waals surface area contributed by atoms with E-state index in [-0.39, 0.29) is 5.91 Å². The number of carbonyl (C=O) groups is 1. The summed E-state index contributed by atoms with van der Waals surface area (Å²) in [5.41, 5.74) is 2.47. The molecule has 7 heteroatoms. The van der Waals surface area contributed by atoms with Gasteiger partial charge in [0.2, 0.25) is 5.91 Å². The third-order valence-corrected chi connectivity index (χ3v) is 4.91. The maximum atomic E-state index is 12.6. The molecule has 1 N–H and O–H groups in total. The van der Waals surface area contributed by atoms with E-state index in [9.17, 15) is 4.79 Å². The average molecular weight is 447 g/mol. The fraction of sp³-hybridized carbons (Fsp3) is 0.286. The number of hydrogen-bond acceptors (Lipinski definition) is 5. The Bertz CT molecular complexity index is 863. The van der Waals surface area contributed by atoms with Crippen LogP contribution in [-0.4, -0.2) is 46.4 Å². The number of nitrogens with one attached hydrogen (secondary N) is 1. The Morgan fingerprint density at radius 3 is 2.64 bits per heavy atom. The van der Waals surface area contributed by atoms with Crippen molar-refractivity contribution in [1.82, 2.24) is 0 Å². The molecule has 1 fully saturated rings. The monoisotopic (exact) mass is 446 g/mol. The van der Waals surface area contributed by atoms with Crippen LogP contribution in [0.15, 0.2) is 46.9 Å². The molecule has 0 spiro atoms. The zero-order valence-corrected chi connectivity index (χ0v) is 17.5. The molecule has 0 radical (unpaired) electrons. The van der Waals surface area contributed by atoms with Gasteiger partial charge in [0.25, 0.3) is 0 Å². The molecule has 0 unspecified atom stereocenters. The number of hydrogen-bond donors (Lipinski definition) is 1. The topological polar surface area (TPSA) is 60.0 Å². The molecule has 1 aliphatic rings. The summed E-state index contributed by atoms with van der Waals surface area (Å²) in [6.07, 6.45) is 3.22. The van der Waals surface area contributed by atoms with E-state index < -0.39 is 0 Å². The van der Waals surface area contributed by atoms with Crippen molar-refractivity contribution in [2.75, 3.05) is 50.7 Å². The normalized spacial score (nSPS) is 14.2. The predicted octanol–water partition coefficient (Wildman–Crippen LogP) is 3.95. The lowest BCUT2D eigenvalue weighted by molar-refractivity contribution is -0.111. The number of nitrogens with zero attached hydrogens (tertiary/aromatic N) is 1. The summed E-state index contributed by atoms with van der Waals surface area (Å²) in [7, 11) is 3.21. The Balaban J connectivity index is 1.80. The minimum Gasteiger partial charge on any atom is -0.497 e. The van der Waals surface area contributed by atoms with Gasteiger partial charge in [-0.2, -0.15) is 0 Å². The van der Waals surface area contributed by atoms with Crippen LogP contribution in [0.25, 0.3) is 6.08 Å². The van der Waals surface area contributed by atoms with Crippen molar-refractivity contribution in [3.63, 3.8) is 0 Å². The van der Waals surface area contributed by atoms with E-state index >= 15 is 0 Å². The third kappa shape index (κ3) is 5.05. The molecule has 148 valence electrons. The van der Waals surface area contributed by atoms with Gasteiger partial charge in [-0.15, -0.1) is 0 Å². The largest absolute Gasteiger partial charge is 0.497 e. The number of halogens is 1. The Morgan fingerprint density at radius 2 is 1.93 bits per heavy atom. The molecule has 1 amide bonds. The Labute approximate surface area is 173 Å². The molecule has 2 aromatic rings. The van der Waals surface area contributed by atoms with E-state index in [1.807, 2.05) is 36.4 Å². The molecule has 0 saturated carbocycles. The van der Waals surface area contributed by atoms with Crippen molar-refractivity contribution in [2.45, 2.75) is 0 Å². The SMILES string of the molecule is COc1ccc(N2CCOCC2)c(NC(=O)/C=C/c2cc(Br)ccc2OC)c1. The molecule has 1 heterocycles. The highest BCUT2D eigenvalue weighted by Crippen LogP contribution is 2.31. The summed E-state index contributed by atoms with van der Waals surface area (Å²) in [5, 5.41) is 2.96. The number of rotatable bonds is 6. The summed E-state index contributed by atoms with van der Waals surface area (Å²) in [6, 6.07) is 11.3. The van der Waals surface area contributed by atoms with Crippen LogP contribution in [0.3, 0.4) is 0 Å². The van der Waals surface area contributed by atoms with Crippen LogP contribution >= 0.6 is 15.9 Å². The van der Waals surface area contributed by atoms with Crippen LogP contribution in [0.2, 0.25) is 0 Å². The van der Waals surface area contributed by atoms with Crippen molar-refractivity contribution >= 4 is 39.3 Å². The van der Waals surface area contributed by atoms with E-state index in [1.165, 1.54) is 6.08 Å². The highest BCUT2D eigenvalue weighted by atomic mass is 79.9. The van der Waals surface area contributed by atoms with E-state index in [0.717, 1.165) is 28.8 Å². The zero-order chi connectivity index (χ0) is 19.9. The van der Waals surface area contributed by atoms with Gasteiger partial charge in [-0.25, -0.2) is 0 Å². The predicted molar refractivity (Wildman–Crippen MR) is 114 cm³/mol. The molecule has 28 heavy (non-hydrogen) atoms. The number of carbonyl (C=O) groups excluding carboxylic acids is 1. The first-order chi connectivity index (χ1) is 13.6. The second kappa shape index (κ2) is 9.61. The maximum Gasteiger partial charge on any atom is 0.248 e. The highest BCUT2D eigenvalue weighted by molar-refractivity contribution is 9.10. The first-order valence-electron chi connectivity index (χ1n) is 8.94. The van der Waals surface area contributed by atoms with E-state index in [2.05, 4.69) is 26.1 Å². The van der Waals surface area contributed by atoms with Crippen molar-refractivity contribution in [3.05, 3.63) is 52.5 Å². The lowest BCUT2D eigenvalue weighted by atomic mass is 10.2. The van der Waals surface area contributed by atoms with Crippen LogP contribution in [0, 0.1) is 0 Å². The number of ether oxygens (including phenoxy) is 3. The van der Waals surface area contributed by atoms with Crippen LogP contribution in [0.4, 0.5) is 11.4 Å². The summed E-state index contributed by atoms with van der Waals surface area (Å²) in [6.45, 7) is 2.89. The van der Waals surface area contributed by atoms with Crippen LogP contribution in [0.1, 0.15) is 5.56 Å². The molecular weight excluding hydrogens is 424 g/mol. The Morgan fingerprint density at radius 1 is 1.14 bits per heavy atom. The summed E-state index contributed by atoms with van der Waals surface area (Å²) >= 11 is 3.44. The molecule has 6 nitrogen and oxygen atoms in total. The van der Waals surface area contributed by atoms with Gasteiger partial charge in [0, 0.05) is 35.3 Å². The number of methoxy groups -OCH3 is 2. The van der Waals surface area contributed by atoms with Gasteiger partial charge < -0.3 is 24.4 Å². The van der Waals surface area contributed by atoms with Crippen LogP contribution in [-0.2, 0) is 9.53 Å². The van der Waals surface area contributed by atoms with Gasteiger partial charge in [0.1, 0.15) is 11.5 Å². The fourth-order valence-corrected chi connectivity index (χ4v) is 3.38. The summed E-state index contributed by atoms with van der Waals surface area (Å²) in [4.78, 5) is 14.8. The summed E-state index contributed by atoms with van der Waals surface area (Å²) in [5.74, 6) is 1.15. The number of benzene rings is 2. The van der Waals surface area contributed by atoms with Gasteiger partial charge in [-0.3, -0.25) is 4.79 Å². The molecule has 2 aromatic carbocycles. The minimum absolute atomic E-state index is 0.232. The zero-order valence-electron chi connectivity index (χ0n) is 15.9. The van der Waals surface area contributed by atoms with Gasteiger partial charge >= 0.3 is 0 Å². The molecule has 1 aliphatic heterocycles. The fourth-order valence-electron chi connectivity index (χ4n) is 3.00. The third-order valence-electron chi connectivity index (χ3n) is 4.42. The lowest BCUT2D eigenvalue weighted by Gasteiger charge is -2.30. The van der Waals surface area contributed by atoms with E-state index in [0.29, 0.717) is 30.4 Å². The smallest absolute Gasteiger partial charge is 0.248 e. The molecular formula is C21H23BrN2O4. The second-order valence-electron chi connectivity index (χ2n) is 6.19. The Kier molecular flexibility index (Phi) is 6.95. The second-order valence-corrected chi connectivity index (χ2v) is 7.11. The first kappa shape index (κ1) is 20.2. The molecule has 0 bridgehead atoms. The van der Waals surface area contributed by atoms with Crippen molar-refractivity contribution in [3.8, 4) is 11.5 Å². The molecule has 0 aromatic heterocycles. The number of amides is 1. The van der Waals surface area contributed by atoms with Crippen LogP contribution in [0.5, 0.6) is 11.5 Å². The highest BCUT2D eigenvalue weighted by Gasteiger charge is 2.16. The molecule has 0 aliphatic carbocycles. The standard InChI is InChI=1S/C21H23BrN2O4/c1-26-17-5-6-19(24-9-11-28-12-10-24)18(14-17)23-21(25)8-3-15-13-16(22)4-7-20(15)27-2/h3-8,13-14H,9-12H2,1-2H3,(H,23,25)/b8-3+. The van der Waals surface area contributed by atoms with Crippen LogP contribution < -0.4 is 19.7 Å². The van der Waals surface area contributed by atoms with Gasteiger partial charge in [0.15, 0.2) is 0 Å². The van der Waals surface area contributed by atoms with Gasteiger partial charge in [0.05, 0.1) is 38.8 Å². The molecule has 1 saturated heterocycles. The number of morpholine rings is 1. The average Bonchev–Trinajstić information content (AvgIpc) is 2.73. The quantitative estimate of drug-likeness (QED) is 0.680. The van der Waals surface area contributed by atoms with Gasteiger partial charge in [-0.1, -0.05) is 15.9 Å². The summed E-state index contributed by atoms with van der Waals surface area (Å²) < 4.78 is 17.0. The molecule has 3 rings (SSSR count). The lowest BCUT2D eigenvalue weighted by Crippen LogP contribution is -2.36. The first-order valence-corrected chi connectivity index (χ1v) is 9.73.